The van der Waals surface area contributed by atoms with Gasteiger partial charge in [0.05, 0.1) is 6.61 Å². The van der Waals surface area contributed by atoms with E-state index in [1.807, 2.05) is 4.90 Å². The van der Waals surface area contributed by atoms with Gasteiger partial charge >= 0.3 is 6.09 Å². The number of amides is 2. The fourth-order valence-electron chi connectivity index (χ4n) is 4.96. The van der Waals surface area contributed by atoms with Gasteiger partial charge in [0.2, 0.25) is 5.91 Å². The van der Waals surface area contributed by atoms with Gasteiger partial charge in [0.1, 0.15) is 0 Å². The highest BCUT2D eigenvalue weighted by molar-refractivity contribution is 5.81. The van der Waals surface area contributed by atoms with Crippen LogP contribution in [0.5, 0.6) is 0 Å². The van der Waals surface area contributed by atoms with E-state index in [0.717, 1.165) is 25.9 Å². The number of nitrogens with one attached hydrogen (secondary N) is 1. The van der Waals surface area contributed by atoms with E-state index >= 15 is 0 Å². The van der Waals surface area contributed by atoms with E-state index in [1.165, 1.54) is 24.8 Å². The Labute approximate surface area is 155 Å². The van der Waals surface area contributed by atoms with Gasteiger partial charge in [-0.3, -0.25) is 4.79 Å². The number of alkyl carbamates (subject to hydrolysis) is 1. The first-order valence-corrected chi connectivity index (χ1v) is 9.85. The maximum absolute atomic E-state index is 12.6. The molecule has 0 radical (unpaired) electrons. The van der Waals surface area contributed by atoms with Crippen LogP contribution in [0.15, 0.2) is 30.3 Å². The second-order valence-corrected chi connectivity index (χ2v) is 8.27. The number of hydrogen-bond acceptors (Lipinski definition) is 3. The van der Waals surface area contributed by atoms with E-state index in [-0.39, 0.29) is 24.0 Å². The summed E-state index contributed by atoms with van der Waals surface area (Å²) in [6, 6.07) is 10.9. The lowest BCUT2D eigenvalue weighted by atomic mass is 9.73. The Balaban J connectivity index is 1.22. The predicted molar refractivity (Wildman–Crippen MR) is 98.7 cm³/mol. The number of rotatable bonds is 4. The van der Waals surface area contributed by atoms with Gasteiger partial charge in [0.25, 0.3) is 0 Å². The van der Waals surface area contributed by atoms with Gasteiger partial charge in [-0.2, -0.15) is 0 Å². The fraction of sp³-hybridized carbons (Fsp3) is 0.619. The van der Waals surface area contributed by atoms with E-state index in [0.29, 0.717) is 17.9 Å². The van der Waals surface area contributed by atoms with Crippen LogP contribution < -0.4 is 5.32 Å². The average molecular weight is 356 g/mol. The van der Waals surface area contributed by atoms with Gasteiger partial charge in [-0.05, 0) is 50.5 Å². The largest absolute Gasteiger partial charge is 0.450 e. The molecule has 1 heterocycles. The molecule has 1 aliphatic heterocycles. The van der Waals surface area contributed by atoms with Crippen molar-refractivity contribution in [2.75, 3.05) is 19.7 Å². The number of benzene rings is 1. The van der Waals surface area contributed by atoms with E-state index in [2.05, 4.69) is 35.6 Å². The van der Waals surface area contributed by atoms with Gasteiger partial charge < -0.3 is 15.0 Å². The molecule has 2 amide bonds. The van der Waals surface area contributed by atoms with Crippen molar-refractivity contribution >= 4 is 12.0 Å². The van der Waals surface area contributed by atoms with Crippen LogP contribution in [0.25, 0.3) is 0 Å². The van der Waals surface area contributed by atoms with E-state index in [4.69, 9.17) is 4.74 Å². The Morgan fingerprint density at radius 2 is 1.96 bits per heavy atom. The first-order chi connectivity index (χ1) is 12.6. The minimum absolute atomic E-state index is 0.0746. The number of ether oxygens (including phenoxy) is 1. The maximum Gasteiger partial charge on any atom is 0.407 e. The zero-order chi connectivity index (χ0) is 18.1. The SMILES string of the molecule is CCOC(=O)NC1CC(C(=O)N2CC3(CCC(c4ccccc4)C3)C2)C1. The molecule has 1 atom stereocenters. The molecule has 140 valence electrons. The van der Waals surface area contributed by atoms with Crippen molar-refractivity contribution in [3.63, 3.8) is 0 Å². The van der Waals surface area contributed by atoms with Crippen LogP contribution in [0.4, 0.5) is 4.79 Å². The summed E-state index contributed by atoms with van der Waals surface area (Å²) in [7, 11) is 0. The van der Waals surface area contributed by atoms with E-state index in [9.17, 15) is 9.59 Å². The molecule has 0 bridgehead atoms. The number of carbonyl (C=O) groups excluding carboxylic acids is 2. The van der Waals surface area contributed by atoms with Crippen molar-refractivity contribution in [3.8, 4) is 0 Å². The summed E-state index contributed by atoms with van der Waals surface area (Å²) in [6.07, 6.45) is 4.79. The van der Waals surface area contributed by atoms with Crippen LogP contribution in [0.1, 0.15) is 50.5 Å². The van der Waals surface area contributed by atoms with Crippen molar-refractivity contribution in [1.29, 1.82) is 0 Å². The van der Waals surface area contributed by atoms with E-state index in [1.54, 1.807) is 6.92 Å². The monoisotopic (exact) mass is 356 g/mol. The molecule has 5 nitrogen and oxygen atoms in total. The van der Waals surface area contributed by atoms with Gasteiger partial charge in [-0.25, -0.2) is 4.79 Å². The number of nitrogens with zero attached hydrogens (tertiary/aromatic N) is 1. The van der Waals surface area contributed by atoms with Crippen LogP contribution in [0.2, 0.25) is 0 Å². The van der Waals surface area contributed by atoms with Crippen molar-refractivity contribution in [1.82, 2.24) is 10.2 Å². The van der Waals surface area contributed by atoms with Gasteiger partial charge in [0, 0.05) is 30.5 Å². The summed E-state index contributed by atoms with van der Waals surface area (Å²) >= 11 is 0. The number of hydrogen-bond donors (Lipinski definition) is 1. The molecular formula is C21H28N2O3. The summed E-state index contributed by atoms with van der Waals surface area (Å²) in [5.74, 6) is 1.00. The fourth-order valence-corrected chi connectivity index (χ4v) is 4.96. The Bertz CT molecular complexity index is 663. The molecular weight excluding hydrogens is 328 g/mol. The van der Waals surface area contributed by atoms with Gasteiger partial charge in [-0.15, -0.1) is 0 Å². The van der Waals surface area contributed by atoms with E-state index < -0.39 is 0 Å². The first-order valence-electron chi connectivity index (χ1n) is 9.85. The number of likely N-dealkylation sites (tertiary alicyclic amines) is 1. The lowest BCUT2D eigenvalue weighted by Crippen LogP contribution is -2.61. The van der Waals surface area contributed by atoms with Gasteiger partial charge in [0.15, 0.2) is 0 Å². The lowest BCUT2D eigenvalue weighted by molar-refractivity contribution is -0.151. The lowest BCUT2D eigenvalue weighted by Gasteiger charge is -2.51. The zero-order valence-corrected chi connectivity index (χ0v) is 15.4. The molecule has 26 heavy (non-hydrogen) atoms. The normalized spacial score (nSPS) is 29.0. The maximum atomic E-state index is 12.6. The zero-order valence-electron chi connectivity index (χ0n) is 15.4. The van der Waals surface area contributed by atoms with Crippen LogP contribution in [0, 0.1) is 11.3 Å². The third-order valence-electron chi connectivity index (χ3n) is 6.42. The topological polar surface area (TPSA) is 58.6 Å². The molecule has 1 aromatic carbocycles. The highest BCUT2D eigenvalue weighted by Crippen LogP contribution is 2.52. The van der Waals surface area contributed by atoms with Crippen molar-refractivity contribution in [2.45, 2.75) is 51.0 Å². The summed E-state index contributed by atoms with van der Waals surface area (Å²) < 4.78 is 4.89. The molecule has 2 aliphatic carbocycles. The molecule has 3 aliphatic rings. The second-order valence-electron chi connectivity index (χ2n) is 8.27. The first kappa shape index (κ1) is 17.4. The Hall–Kier alpha value is -2.04. The second kappa shape index (κ2) is 6.93. The minimum Gasteiger partial charge on any atom is -0.450 e. The molecule has 2 saturated carbocycles. The molecule has 3 fully saturated rings. The van der Waals surface area contributed by atoms with Crippen LogP contribution >= 0.6 is 0 Å². The Kier molecular flexibility index (Phi) is 4.63. The Morgan fingerprint density at radius 3 is 2.65 bits per heavy atom. The van der Waals surface area contributed by atoms with Crippen LogP contribution in [-0.2, 0) is 9.53 Å². The third-order valence-corrected chi connectivity index (χ3v) is 6.42. The predicted octanol–water partition coefficient (Wildman–Crippen LogP) is 3.31. The molecule has 1 unspecified atom stereocenters. The summed E-state index contributed by atoms with van der Waals surface area (Å²) in [6.45, 7) is 4.00. The molecule has 1 spiro atoms. The molecule has 5 heteroatoms. The number of carbonyl (C=O) groups is 2. The molecule has 4 rings (SSSR count). The summed E-state index contributed by atoms with van der Waals surface area (Å²) in [5, 5.41) is 2.82. The molecule has 1 N–H and O–H groups in total. The highest BCUT2D eigenvalue weighted by Gasteiger charge is 2.51. The quantitative estimate of drug-likeness (QED) is 0.900. The summed E-state index contributed by atoms with van der Waals surface area (Å²) in [4.78, 5) is 26.1. The Morgan fingerprint density at radius 1 is 1.23 bits per heavy atom. The third kappa shape index (κ3) is 3.31. The average Bonchev–Trinajstić information content (AvgIpc) is 3.03. The van der Waals surface area contributed by atoms with Gasteiger partial charge in [-0.1, -0.05) is 30.3 Å². The van der Waals surface area contributed by atoms with Crippen molar-refractivity contribution < 1.29 is 14.3 Å². The standard InChI is InChI=1S/C21H28N2O3/c1-2-26-20(25)22-18-10-17(11-18)19(24)23-13-21(14-23)9-8-16(12-21)15-6-4-3-5-7-15/h3-7,16-18H,2,8-14H2,1H3,(H,22,25). The smallest absolute Gasteiger partial charge is 0.407 e. The molecule has 0 aromatic heterocycles. The molecule has 1 aromatic rings. The van der Waals surface area contributed by atoms with Crippen molar-refractivity contribution in [3.05, 3.63) is 35.9 Å². The highest BCUT2D eigenvalue weighted by atomic mass is 16.5. The summed E-state index contributed by atoms with van der Waals surface area (Å²) in [5.41, 5.74) is 1.80. The van der Waals surface area contributed by atoms with Crippen LogP contribution in [0.3, 0.4) is 0 Å². The molecule has 1 saturated heterocycles. The minimum atomic E-state index is -0.371. The van der Waals surface area contributed by atoms with Crippen molar-refractivity contribution in [2.24, 2.45) is 11.3 Å². The van der Waals surface area contributed by atoms with Crippen LogP contribution in [-0.4, -0.2) is 42.6 Å².